The Morgan fingerprint density at radius 2 is 1.85 bits per heavy atom. The van der Waals surface area contributed by atoms with E-state index in [4.69, 9.17) is 15.9 Å². The molecule has 13 heteroatoms. The van der Waals surface area contributed by atoms with Crippen molar-refractivity contribution in [1.29, 1.82) is 0 Å². The molecule has 1 unspecified atom stereocenters. The van der Waals surface area contributed by atoms with Gasteiger partial charge in [0.15, 0.2) is 11.2 Å². The molecular formula is C20H21N7O6. The number of hydrogen-bond acceptors (Lipinski definition) is 9. The minimum Gasteiger partial charge on any atom is -0.481 e. The lowest BCUT2D eigenvalue weighted by Gasteiger charge is -2.16. The van der Waals surface area contributed by atoms with Gasteiger partial charge in [-0.25, -0.2) is 14.8 Å². The zero-order valence-electron chi connectivity index (χ0n) is 17.4. The van der Waals surface area contributed by atoms with Crippen LogP contribution in [0, 0.1) is 0 Å². The number of rotatable bonds is 9. The zero-order chi connectivity index (χ0) is 24.1. The second-order valence-electron chi connectivity index (χ2n) is 7.16. The minimum absolute atomic E-state index is 0.0539. The number of benzene rings is 1. The molecule has 0 aliphatic heterocycles. The van der Waals surface area contributed by atoms with E-state index in [0.717, 1.165) is 0 Å². The number of anilines is 2. The van der Waals surface area contributed by atoms with E-state index in [1.165, 1.54) is 18.3 Å². The second-order valence-corrected chi connectivity index (χ2v) is 7.16. The fourth-order valence-corrected chi connectivity index (χ4v) is 2.97. The van der Waals surface area contributed by atoms with E-state index >= 15 is 0 Å². The van der Waals surface area contributed by atoms with E-state index in [0.29, 0.717) is 11.4 Å². The highest BCUT2D eigenvalue weighted by Crippen LogP contribution is 2.19. The van der Waals surface area contributed by atoms with Gasteiger partial charge in [0, 0.05) is 17.7 Å². The van der Waals surface area contributed by atoms with Crippen molar-refractivity contribution in [2.24, 2.45) is 0 Å². The maximum Gasteiger partial charge on any atom is 0.326 e. The Hall–Kier alpha value is -4.55. The lowest BCUT2D eigenvalue weighted by atomic mass is 10.1. The van der Waals surface area contributed by atoms with Gasteiger partial charge in [0.2, 0.25) is 5.95 Å². The number of carbonyl (C=O) groups excluding carboxylic acids is 1. The normalized spacial score (nSPS) is 12.6. The number of fused-ring (bicyclic) bond motifs is 1. The van der Waals surface area contributed by atoms with E-state index < -0.39 is 29.4 Å². The van der Waals surface area contributed by atoms with Crippen molar-refractivity contribution >= 4 is 40.6 Å². The van der Waals surface area contributed by atoms with Crippen LogP contribution in [0.4, 0.5) is 11.6 Å². The largest absolute Gasteiger partial charge is 0.481 e. The quantitative estimate of drug-likeness (QED) is 0.261. The van der Waals surface area contributed by atoms with Crippen molar-refractivity contribution in [3.05, 3.63) is 52.1 Å². The Labute approximate surface area is 186 Å². The molecule has 2 atom stereocenters. The molecule has 0 fully saturated rings. The van der Waals surface area contributed by atoms with E-state index in [-0.39, 0.29) is 41.6 Å². The summed E-state index contributed by atoms with van der Waals surface area (Å²) in [4.78, 5) is 61.0. The number of nitrogens with one attached hydrogen (secondary N) is 3. The molecule has 2 heterocycles. The van der Waals surface area contributed by atoms with Crippen LogP contribution in [0.5, 0.6) is 0 Å². The molecule has 0 spiro atoms. The number of nitrogen functional groups attached to an aromatic ring is 1. The molecule has 2 aromatic heterocycles. The third-order valence-corrected chi connectivity index (χ3v) is 4.68. The maximum atomic E-state index is 12.3. The number of H-pyrrole nitrogens is 1. The molecule has 0 saturated carbocycles. The Balaban J connectivity index is 1.68. The second kappa shape index (κ2) is 9.72. The van der Waals surface area contributed by atoms with E-state index in [1.54, 1.807) is 19.1 Å². The predicted molar refractivity (Wildman–Crippen MR) is 117 cm³/mol. The number of carboxylic acids is 2. The molecule has 0 radical (unpaired) electrons. The topological polar surface area (TPSA) is 213 Å². The van der Waals surface area contributed by atoms with Crippen LogP contribution >= 0.6 is 0 Å². The van der Waals surface area contributed by atoms with Crippen molar-refractivity contribution in [2.45, 2.75) is 31.8 Å². The van der Waals surface area contributed by atoms with Gasteiger partial charge in [-0.1, -0.05) is 0 Å². The molecule has 1 aromatic carbocycles. The maximum absolute atomic E-state index is 12.3. The Morgan fingerprint density at radius 3 is 2.48 bits per heavy atom. The van der Waals surface area contributed by atoms with Gasteiger partial charge < -0.3 is 26.6 Å². The number of carboxylic acid groups (broad SMARTS) is 2. The molecule has 33 heavy (non-hydrogen) atoms. The molecule has 7 N–H and O–H groups in total. The summed E-state index contributed by atoms with van der Waals surface area (Å²) in [5, 5.41) is 23.4. The molecule has 0 aliphatic carbocycles. The van der Waals surface area contributed by atoms with Crippen LogP contribution < -0.4 is 21.9 Å². The number of nitrogens with zero attached hydrogens (tertiary/aromatic N) is 3. The average molecular weight is 455 g/mol. The van der Waals surface area contributed by atoms with Gasteiger partial charge in [-0.3, -0.25) is 19.4 Å². The van der Waals surface area contributed by atoms with Crippen LogP contribution in [0.25, 0.3) is 11.2 Å². The van der Waals surface area contributed by atoms with Crippen molar-refractivity contribution in [1.82, 2.24) is 25.3 Å². The lowest BCUT2D eigenvalue weighted by molar-refractivity contribution is -0.140. The number of hydrogen-bond donors (Lipinski definition) is 6. The monoisotopic (exact) mass is 455 g/mol. The molecule has 172 valence electrons. The zero-order valence-corrected chi connectivity index (χ0v) is 17.4. The van der Waals surface area contributed by atoms with Crippen LogP contribution in [0.1, 0.15) is 41.9 Å². The number of amides is 1. The van der Waals surface area contributed by atoms with Crippen LogP contribution in [0.3, 0.4) is 0 Å². The fraction of sp³-hybridized carbons (Fsp3) is 0.250. The van der Waals surface area contributed by atoms with Gasteiger partial charge >= 0.3 is 11.9 Å². The molecule has 13 nitrogen and oxygen atoms in total. The smallest absolute Gasteiger partial charge is 0.326 e. The summed E-state index contributed by atoms with van der Waals surface area (Å²) in [5.74, 6) is -3.16. The summed E-state index contributed by atoms with van der Waals surface area (Å²) >= 11 is 0. The molecule has 0 saturated heterocycles. The Morgan fingerprint density at radius 1 is 1.15 bits per heavy atom. The molecular weight excluding hydrogens is 434 g/mol. The highest BCUT2D eigenvalue weighted by Gasteiger charge is 2.21. The SMILES string of the molecule is CC(Nc1ccc(C(=O)N[C@@H](CCC(=O)O)C(=O)O)cc1)c1cnc2nc(N)[nH]c(=O)c2n1. The minimum atomic E-state index is -1.31. The third kappa shape index (κ3) is 5.78. The van der Waals surface area contributed by atoms with Gasteiger partial charge in [0.05, 0.1) is 17.9 Å². The van der Waals surface area contributed by atoms with Gasteiger partial charge in [-0.2, -0.15) is 4.98 Å². The summed E-state index contributed by atoms with van der Waals surface area (Å²) in [5.41, 5.74) is 6.49. The van der Waals surface area contributed by atoms with E-state index in [9.17, 15) is 19.2 Å². The molecule has 3 rings (SSSR count). The van der Waals surface area contributed by atoms with Gasteiger partial charge in [-0.15, -0.1) is 0 Å². The molecule has 0 bridgehead atoms. The molecule has 1 amide bonds. The van der Waals surface area contributed by atoms with Crippen molar-refractivity contribution in [2.75, 3.05) is 11.1 Å². The van der Waals surface area contributed by atoms with E-state index in [1.807, 2.05) is 0 Å². The van der Waals surface area contributed by atoms with Crippen molar-refractivity contribution in [3.8, 4) is 0 Å². The first kappa shape index (κ1) is 23.1. The van der Waals surface area contributed by atoms with Crippen LogP contribution in [0.2, 0.25) is 0 Å². The van der Waals surface area contributed by atoms with Crippen LogP contribution in [0.15, 0.2) is 35.3 Å². The number of aromatic amines is 1. The molecule has 0 aliphatic rings. The molecule has 3 aromatic rings. The Bertz CT molecular complexity index is 1260. The first-order valence-electron chi connectivity index (χ1n) is 9.78. The highest BCUT2D eigenvalue weighted by atomic mass is 16.4. The lowest BCUT2D eigenvalue weighted by Crippen LogP contribution is -2.41. The van der Waals surface area contributed by atoms with Crippen LogP contribution in [-0.4, -0.2) is 54.0 Å². The fourth-order valence-electron chi connectivity index (χ4n) is 2.97. The summed E-state index contributed by atoms with van der Waals surface area (Å²) in [6, 6.07) is 4.54. The van der Waals surface area contributed by atoms with Crippen molar-refractivity contribution < 1.29 is 24.6 Å². The number of nitrogens with two attached hydrogens (primary N) is 1. The number of aliphatic carboxylic acids is 2. The van der Waals surface area contributed by atoms with Gasteiger partial charge in [0.1, 0.15) is 6.04 Å². The third-order valence-electron chi connectivity index (χ3n) is 4.68. The predicted octanol–water partition coefficient (Wildman–Crippen LogP) is 0.516. The summed E-state index contributed by atoms with van der Waals surface area (Å²) < 4.78 is 0. The Kier molecular flexibility index (Phi) is 6.81. The first-order valence-corrected chi connectivity index (χ1v) is 9.78. The standard InChI is InChI=1S/C20H21N7O6/c1-9(13-8-22-16-15(24-13)18(31)27-20(21)26-16)23-11-4-2-10(3-5-11)17(30)25-12(19(32)33)6-7-14(28)29/h2-5,8-9,12,23H,6-7H2,1H3,(H,25,30)(H,28,29)(H,32,33)(H3,21,22,26,27,31)/t9?,12-/m0/s1. The van der Waals surface area contributed by atoms with Crippen LogP contribution in [-0.2, 0) is 9.59 Å². The summed E-state index contributed by atoms with van der Waals surface area (Å²) in [6.07, 6.45) is 0.854. The van der Waals surface area contributed by atoms with Gasteiger partial charge in [0.25, 0.3) is 11.5 Å². The van der Waals surface area contributed by atoms with E-state index in [2.05, 4.69) is 30.6 Å². The van der Waals surface area contributed by atoms with Crippen molar-refractivity contribution in [3.63, 3.8) is 0 Å². The number of aromatic nitrogens is 4. The number of carbonyl (C=O) groups is 3. The summed E-state index contributed by atoms with van der Waals surface area (Å²) in [6.45, 7) is 1.80. The highest BCUT2D eigenvalue weighted by molar-refractivity contribution is 5.97. The average Bonchev–Trinajstić information content (AvgIpc) is 2.76. The first-order chi connectivity index (χ1) is 15.6. The summed E-state index contributed by atoms with van der Waals surface area (Å²) in [7, 11) is 0. The van der Waals surface area contributed by atoms with Gasteiger partial charge in [-0.05, 0) is 37.6 Å².